The Bertz CT molecular complexity index is 2340. The van der Waals surface area contributed by atoms with Crippen molar-refractivity contribution in [2.24, 2.45) is 0 Å². The van der Waals surface area contributed by atoms with Gasteiger partial charge in [0.25, 0.3) is 0 Å². The van der Waals surface area contributed by atoms with E-state index in [-0.39, 0.29) is 5.41 Å². The van der Waals surface area contributed by atoms with Crippen molar-refractivity contribution in [3.8, 4) is 11.1 Å². The molecule has 0 radical (unpaired) electrons. The van der Waals surface area contributed by atoms with Gasteiger partial charge in [0.05, 0.1) is 16.1 Å². The monoisotopic (exact) mass is 595 g/mol. The van der Waals surface area contributed by atoms with Gasteiger partial charge in [-0.15, -0.1) is 11.3 Å². The van der Waals surface area contributed by atoms with Crippen molar-refractivity contribution in [1.29, 1.82) is 0 Å². The maximum Gasteiger partial charge on any atom is 0.0640 e. The molecule has 6 aromatic carbocycles. The fraction of sp³-hybridized carbons (Fsp3) is 0.116. The topological polar surface area (TPSA) is 3.24 Å². The van der Waals surface area contributed by atoms with Gasteiger partial charge in [0.2, 0.25) is 0 Å². The second kappa shape index (κ2) is 10.1. The summed E-state index contributed by atoms with van der Waals surface area (Å²) in [5.41, 5.74) is 10.7. The van der Waals surface area contributed by atoms with Crippen LogP contribution in [0.2, 0.25) is 0 Å². The summed E-state index contributed by atoms with van der Waals surface area (Å²) >= 11 is 1.90. The smallest absolute Gasteiger partial charge is 0.0640 e. The molecular formula is C43H33NS. The Morgan fingerprint density at radius 2 is 1.33 bits per heavy atom. The lowest BCUT2D eigenvalue weighted by molar-refractivity contribution is 0.609. The van der Waals surface area contributed by atoms with Crippen LogP contribution >= 0.6 is 11.3 Å². The van der Waals surface area contributed by atoms with Crippen LogP contribution in [0.25, 0.3) is 42.1 Å². The van der Waals surface area contributed by atoms with E-state index >= 15 is 0 Å². The number of thiophene rings is 1. The summed E-state index contributed by atoms with van der Waals surface area (Å²) in [4.78, 5) is 2.55. The van der Waals surface area contributed by atoms with E-state index in [4.69, 9.17) is 0 Å². The third-order valence-electron chi connectivity index (χ3n) is 10.1. The number of rotatable bonds is 4. The van der Waals surface area contributed by atoms with Crippen molar-refractivity contribution in [2.45, 2.75) is 31.6 Å². The third-order valence-corrected chi connectivity index (χ3v) is 11.3. The Labute approximate surface area is 268 Å². The van der Waals surface area contributed by atoms with Gasteiger partial charge in [-0.2, -0.15) is 0 Å². The molecule has 1 aromatic heterocycles. The number of nitrogens with zero attached hydrogens (tertiary/aromatic N) is 1. The first-order chi connectivity index (χ1) is 22.1. The average Bonchev–Trinajstić information content (AvgIpc) is 3.58. The highest BCUT2D eigenvalue weighted by Gasteiger charge is 2.42. The van der Waals surface area contributed by atoms with Gasteiger partial charge in [-0.25, -0.2) is 0 Å². The number of anilines is 2. The molecule has 9 rings (SSSR count). The molecule has 0 amide bonds. The van der Waals surface area contributed by atoms with Gasteiger partial charge in [0.15, 0.2) is 0 Å². The molecule has 0 N–H and O–H groups in total. The standard InChI is InChI=1S/C43H33NS/c1-43(2)37-20-10-8-16-32(37)33-24-23-29(27-38(33)43)44(40-21-12-19-36-35-18-9-11-22-41(35)45-42(36)40)39-26-25-30(28-13-4-3-5-14-28)31-15-6-7-17-34(31)39/h3-23,25-27,33H,24H2,1-2H3. The van der Waals surface area contributed by atoms with Crippen LogP contribution in [0, 0.1) is 0 Å². The van der Waals surface area contributed by atoms with E-state index in [2.05, 4.69) is 164 Å². The summed E-state index contributed by atoms with van der Waals surface area (Å²) in [5.74, 6) is 0.430. The zero-order chi connectivity index (χ0) is 30.1. The van der Waals surface area contributed by atoms with Crippen LogP contribution in [0.3, 0.4) is 0 Å². The molecule has 0 saturated heterocycles. The summed E-state index contributed by atoms with van der Waals surface area (Å²) in [7, 11) is 0. The lowest BCUT2D eigenvalue weighted by atomic mass is 9.78. The van der Waals surface area contributed by atoms with Gasteiger partial charge in [-0.1, -0.05) is 141 Å². The second-order valence-electron chi connectivity index (χ2n) is 12.9. The molecule has 0 bridgehead atoms. The number of fused-ring (bicyclic) bond motifs is 7. The molecule has 1 heterocycles. The van der Waals surface area contributed by atoms with E-state index in [1.54, 1.807) is 0 Å². The number of hydrogen-bond donors (Lipinski definition) is 0. The predicted molar refractivity (Wildman–Crippen MR) is 194 cm³/mol. The van der Waals surface area contributed by atoms with Gasteiger partial charge in [0.1, 0.15) is 0 Å². The van der Waals surface area contributed by atoms with E-state index in [9.17, 15) is 0 Å². The highest BCUT2D eigenvalue weighted by Crippen LogP contribution is 2.55. The van der Waals surface area contributed by atoms with E-state index in [0.717, 1.165) is 6.42 Å². The highest BCUT2D eigenvalue weighted by atomic mass is 32.1. The van der Waals surface area contributed by atoms with E-state index in [1.165, 1.54) is 75.8 Å². The van der Waals surface area contributed by atoms with E-state index < -0.39 is 0 Å². The minimum absolute atomic E-state index is 0.0186. The predicted octanol–water partition coefficient (Wildman–Crippen LogP) is 12.3. The number of benzene rings is 6. The fourth-order valence-corrected chi connectivity index (χ4v) is 9.15. The van der Waals surface area contributed by atoms with Crippen molar-refractivity contribution in [3.05, 3.63) is 168 Å². The van der Waals surface area contributed by atoms with Crippen molar-refractivity contribution in [2.75, 3.05) is 4.90 Å². The summed E-state index contributed by atoms with van der Waals surface area (Å²) in [6.45, 7) is 4.81. The molecule has 1 atom stereocenters. The first-order valence-corrected chi connectivity index (χ1v) is 16.7. The van der Waals surface area contributed by atoms with Crippen LogP contribution in [-0.4, -0.2) is 0 Å². The minimum atomic E-state index is -0.0186. The van der Waals surface area contributed by atoms with Crippen LogP contribution in [-0.2, 0) is 5.41 Å². The van der Waals surface area contributed by atoms with Gasteiger partial charge >= 0.3 is 0 Å². The molecule has 1 unspecified atom stereocenters. The van der Waals surface area contributed by atoms with Crippen LogP contribution in [0.1, 0.15) is 37.3 Å². The maximum atomic E-state index is 2.55. The third kappa shape index (κ3) is 3.99. The molecule has 0 fully saturated rings. The summed E-state index contributed by atoms with van der Waals surface area (Å²) < 4.78 is 2.65. The zero-order valence-electron chi connectivity index (χ0n) is 25.5. The highest BCUT2D eigenvalue weighted by molar-refractivity contribution is 7.26. The lowest BCUT2D eigenvalue weighted by Crippen LogP contribution is -2.23. The van der Waals surface area contributed by atoms with Gasteiger partial charge in [-0.05, 0) is 58.3 Å². The molecule has 2 heteroatoms. The quantitative estimate of drug-likeness (QED) is 0.196. The Balaban J connectivity index is 1.31. The fourth-order valence-electron chi connectivity index (χ4n) is 7.94. The molecule has 0 aliphatic heterocycles. The van der Waals surface area contributed by atoms with Crippen LogP contribution in [0.4, 0.5) is 11.4 Å². The van der Waals surface area contributed by atoms with Crippen molar-refractivity contribution >= 4 is 53.7 Å². The normalized spacial score (nSPS) is 16.8. The molecule has 7 aromatic rings. The molecule has 0 saturated carbocycles. The SMILES string of the molecule is CC1(C)C2=CC(N(c3ccc(-c4ccccc4)c4ccccc34)c3cccc4c3sc3ccccc34)=CCC2c2ccccc21. The molecule has 216 valence electrons. The Morgan fingerprint density at radius 3 is 2.20 bits per heavy atom. The average molecular weight is 596 g/mol. The molecule has 0 spiro atoms. The first-order valence-electron chi connectivity index (χ1n) is 15.9. The Hall–Kier alpha value is -4.92. The first kappa shape index (κ1) is 26.5. The van der Waals surface area contributed by atoms with Gasteiger partial charge in [0, 0.05) is 37.9 Å². The molecule has 2 aliphatic rings. The van der Waals surface area contributed by atoms with E-state index in [1.807, 2.05) is 11.3 Å². The van der Waals surface area contributed by atoms with Crippen molar-refractivity contribution in [1.82, 2.24) is 0 Å². The summed E-state index contributed by atoms with van der Waals surface area (Å²) in [5, 5.41) is 5.17. The van der Waals surface area contributed by atoms with Gasteiger partial charge < -0.3 is 4.90 Å². The van der Waals surface area contributed by atoms with Crippen molar-refractivity contribution in [3.63, 3.8) is 0 Å². The maximum absolute atomic E-state index is 2.55. The Kier molecular flexibility index (Phi) is 5.92. The molecule has 45 heavy (non-hydrogen) atoms. The lowest BCUT2D eigenvalue weighted by Gasteiger charge is -2.33. The summed E-state index contributed by atoms with van der Waals surface area (Å²) in [6.07, 6.45) is 6.00. The number of hydrogen-bond acceptors (Lipinski definition) is 2. The van der Waals surface area contributed by atoms with Crippen LogP contribution < -0.4 is 4.90 Å². The second-order valence-corrected chi connectivity index (χ2v) is 13.9. The molecule has 2 aliphatic carbocycles. The van der Waals surface area contributed by atoms with E-state index in [0.29, 0.717) is 5.92 Å². The zero-order valence-corrected chi connectivity index (χ0v) is 26.3. The van der Waals surface area contributed by atoms with Crippen molar-refractivity contribution < 1.29 is 0 Å². The minimum Gasteiger partial charge on any atom is -0.309 e. The molecule has 1 nitrogen and oxygen atoms in total. The molecular weight excluding hydrogens is 563 g/mol. The Morgan fingerprint density at radius 1 is 0.622 bits per heavy atom. The van der Waals surface area contributed by atoms with Gasteiger partial charge in [-0.3, -0.25) is 0 Å². The van der Waals surface area contributed by atoms with Crippen LogP contribution in [0.5, 0.6) is 0 Å². The summed E-state index contributed by atoms with van der Waals surface area (Å²) in [6, 6.07) is 49.1. The number of allylic oxidation sites excluding steroid dienone is 3. The largest absolute Gasteiger partial charge is 0.309 e. The van der Waals surface area contributed by atoms with Crippen LogP contribution in [0.15, 0.2) is 157 Å².